The number of unbranched alkanes of at least 4 members (excludes halogenated alkanes) is 3. The van der Waals surface area contributed by atoms with Gasteiger partial charge in [0.25, 0.3) is 0 Å². The molecular weight excluding hydrogens is 278 g/mol. The monoisotopic (exact) mass is 302 g/mol. The Labute approximate surface area is 140 Å². The van der Waals surface area contributed by atoms with Gasteiger partial charge in [-0.1, -0.05) is 81.1 Å². The highest BCUT2D eigenvalue weighted by atomic mass is 14.6. The number of hydrogen-bond acceptors (Lipinski definition) is 1. The molecule has 0 amide bonds. The van der Waals surface area contributed by atoms with Gasteiger partial charge < -0.3 is 0 Å². The van der Waals surface area contributed by atoms with Crippen LogP contribution in [0.3, 0.4) is 0 Å². The summed E-state index contributed by atoms with van der Waals surface area (Å²) in [6.45, 7) is 2.24. The van der Waals surface area contributed by atoms with E-state index in [9.17, 15) is 5.26 Å². The van der Waals surface area contributed by atoms with Gasteiger partial charge >= 0.3 is 0 Å². The third-order valence-electron chi connectivity index (χ3n) is 5.16. The lowest BCUT2D eigenvalue weighted by molar-refractivity contribution is 0.571. The summed E-state index contributed by atoms with van der Waals surface area (Å²) in [6.07, 6.45) is 7.39. The van der Waals surface area contributed by atoms with E-state index in [1.54, 1.807) is 0 Å². The molecule has 1 radical (unpaired) electrons. The molecule has 1 saturated carbocycles. The first kappa shape index (κ1) is 15.8. The van der Waals surface area contributed by atoms with Crippen molar-refractivity contribution < 1.29 is 0 Å². The summed E-state index contributed by atoms with van der Waals surface area (Å²) in [7, 11) is 0. The minimum Gasteiger partial charge on any atom is -0.197 e. The van der Waals surface area contributed by atoms with E-state index in [-0.39, 0.29) is 5.41 Å². The fourth-order valence-electron chi connectivity index (χ4n) is 3.59. The zero-order valence-corrected chi connectivity index (χ0v) is 13.9. The average Bonchev–Trinajstić information content (AvgIpc) is 3.34. The van der Waals surface area contributed by atoms with E-state index in [1.165, 1.54) is 48.8 Å². The first-order valence-corrected chi connectivity index (χ1v) is 8.78. The van der Waals surface area contributed by atoms with Gasteiger partial charge in [0.1, 0.15) is 0 Å². The van der Waals surface area contributed by atoms with E-state index in [0.29, 0.717) is 5.92 Å². The van der Waals surface area contributed by atoms with Crippen molar-refractivity contribution in [2.24, 2.45) is 5.92 Å². The smallest absolute Gasteiger partial charge is 0.0854 e. The van der Waals surface area contributed by atoms with E-state index < -0.39 is 0 Å². The van der Waals surface area contributed by atoms with Crippen LogP contribution in [-0.2, 0) is 5.41 Å². The highest BCUT2D eigenvalue weighted by molar-refractivity contribution is 5.64. The van der Waals surface area contributed by atoms with Crippen LogP contribution in [0.2, 0.25) is 0 Å². The number of nitriles is 1. The molecular formula is C22H24N. The second kappa shape index (κ2) is 7.01. The lowest BCUT2D eigenvalue weighted by Crippen LogP contribution is -2.07. The Morgan fingerprint density at radius 2 is 1.74 bits per heavy atom. The van der Waals surface area contributed by atoms with Crippen molar-refractivity contribution >= 4 is 0 Å². The summed E-state index contributed by atoms with van der Waals surface area (Å²) in [5.41, 5.74) is 3.39. The third kappa shape index (κ3) is 3.32. The standard InChI is InChI=1S/C22H24N/c1-2-3-4-8-11-21-16-22(21,17-23)20-14-12-19(13-15-20)18-9-6-5-7-10-18/h6-7,9-10,12-15,21H,2-4,8,11,16H2,1H3/t21-,22+/m0/s1. The molecule has 2 aromatic rings. The number of rotatable bonds is 7. The minimum atomic E-state index is -0.213. The van der Waals surface area contributed by atoms with Crippen molar-refractivity contribution in [2.45, 2.75) is 50.9 Å². The van der Waals surface area contributed by atoms with Crippen LogP contribution >= 0.6 is 0 Å². The second-order valence-electron chi connectivity index (χ2n) is 6.70. The molecule has 0 spiro atoms. The van der Waals surface area contributed by atoms with Gasteiger partial charge in [0.2, 0.25) is 0 Å². The Bertz CT molecular complexity index is 665. The normalized spacial score (nSPS) is 22.5. The van der Waals surface area contributed by atoms with Crippen molar-refractivity contribution in [2.75, 3.05) is 0 Å². The van der Waals surface area contributed by atoms with Crippen LogP contribution < -0.4 is 0 Å². The Balaban J connectivity index is 1.68. The van der Waals surface area contributed by atoms with E-state index in [1.807, 2.05) is 12.1 Å². The average molecular weight is 302 g/mol. The zero-order chi connectivity index (χ0) is 16.1. The van der Waals surface area contributed by atoms with Crippen molar-refractivity contribution in [1.29, 1.82) is 5.26 Å². The van der Waals surface area contributed by atoms with Crippen LogP contribution in [0.25, 0.3) is 11.1 Å². The molecule has 0 N–H and O–H groups in total. The van der Waals surface area contributed by atoms with Crippen LogP contribution in [0.1, 0.15) is 51.0 Å². The van der Waals surface area contributed by atoms with Gasteiger partial charge in [-0.2, -0.15) is 5.26 Å². The van der Waals surface area contributed by atoms with E-state index in [2.05, 4.69) is 55.5 Å². The molecule has 0 aromatic heterocycles. The van der Waals surface area contributed by atoms with Gasteiger partial charge in [0.15, 0.2) is 0 Å². The second-order valence-corrected chi connectivity index (χ2v) is 6.70. The van der Waals surface area contributed by atoms with Crippen LogP contribution in [0.4, 0.5) is 0 Å². The zero-order valence-electron chi connectivity index (χ0n) is 13.9. The van der Waals surface area contributed by atoms with Gasteiger partial charge in [0, 0.05) is 0 Å². The van der Waals surface area contributed by atoms with Crippen molar-refractivity contribution in [1.82, 2.24) is 0 Å². The van der Waals surface area contributed by atoms with Gasteiger partial charge in [-0.15, -0.1) is 0 Å². The summed E-state index contributed by atoms with van der Waals surface area (Å²) >= 11 is 0. The predicted octanol–water partition coefficient (Wildman–Crippen LogP) is 5.91. The van der Waals surface area contributed by atoms with Crippen LogP contribution in [0, 0.1) is 23.3 Å². The molecule has 3 rings (SSSR count). The maximum atomic E-state index is 9.72. The van der Waals surface area contributed by atoms with Crippen molar-refractivity contribution in [3.8, 4) is 17.2 Å². The molecule has 0 heterocycles. The maximum absolute atomic E-state index is 9.72. The first-order chi connectivity index (χ1) is 11.3. The molecule has 1 heteroatoms. The molecule has 2 aromatic carbocycles. The molecule has 0 unspecified atom stereocenters. The third-order valence-corrected chi connectivity index (χ3v) is 5.16. The van der Waals surface area contributed by atoms with Gasteiger partial charge in [-0.05, 0) is 41.5 Å². The number of hydrogen-bond donors (Lipinski definition) is 0. The predicted molar refractivity (Wildman–Crippen MR) is 94.9 cm³/mol. The SMILES string of the molecule is CCCCCC[C@H]1C[C@@]1(C#N)c1ccc(-c2cc[c]cc2)cc1. The Hall–Kier alpha value is -2.07. The van der Waals surface area contributed by atoms with Crippen LogP contribution in [0.5, 0.6) is 0 Å². The van der Waals surface area contributed by atoms with Crippen LogP contribution in [0.15, 0.2) is 48.5 Å². The number of nitrogens with zero attached hydrogens (tertiary/aromatic N) is 1. The quantitative estimate of drug-likeness (QED) is 0.584. The largest absolute Gasteiger partial charge is 0.197 e. The number of benzene rings is 2. The first-order valence-electron chi connectivity index (χ1n) is 8.78. The molecule has 2 atom stereocenters. The Morgan fingerprint density at radius 1 is 1.04 bits per heavy atom. The molecule has 0 bridgehead atoms. The summed E-state index contributed by atoms with van der Waals surface area (Å²) < 4.78 is 0. The van der Waals surface area contributed by atoms with Gasteiger partial charge in [0.05, 0.1) is 11.5 Å². The molecule has 117 valence electrons. The van der Waals surface area contributed by atoms with Gasteiger partial charge in [-0.25, -0.2) is 0 Å². The lowest BCUT2D eigenvalue weighted by Gasteiger charge is -2.11. The molecule has 1 aliphatic rings. The molecule has 0 aliphatic heterocycles. The van der Waals surface area contributed by atoms with Crippen molar-refractivity contribution in [3.05, 3.63) is 60.2 Å². The van der Waals surface area contributed by atoms with E-state index in [0.717, 1.165) is 6.42 Å². The molecule has 1 aliphatic carbocycles. The Morgan fingerprint density at radius 3 is 2.39 bits per heavy atom. The van der Waals surface area contributed by atoms with Crippen LogP contribution in [-0.4, -0.2) is 0 Å². The fourth-order valence-corrected chi connectivity index (χ4v) is 3.59. The molecule has 1 nitrogen and oxygen atoms in total. The fraction of sp³-hybridized carbons (Fsp3) is 0.409. The summed E-state index contributed by atoms with van der Waals surface area (Å²) in [4.78, 5) is 0. The van der Waals surface area contributed by atoms with E-state index in [4.69, 9.17) is 0 Å². The maximum Gasteiger partial charge on any atom is 0.0854 e. The highest BCUT2D eigenvalue weighted by Gasteiger charge is 2.55. The minimum absolute atomic E-state index is 0.213. The topological polar surface area (TPSA) is 23.8 Å². The highest BCUT2D eigenvalue weighted by Crippen LogP contribution is 2.56. The summed E-state index contributed by atoms with van der Waals surface area (Å²) in [6, 6.07) is 22.3. The molecule has 0 saturated heterocycles. The van der Waals surface area contributed by atoms with Gasteiger partial charge in [-0.3, -0.25) is 0 Å². The Kier molecular flexibility index (Phi) is 4.82. The molecule has 23 heavy (non-hydrogen) atoms. The lowest BCUT2D eigenvalue weighted by atomic mass is 9.91. The summed E-state index contributed by atoms with van der Waals surface area (Å²) in [5, 5.41) is 9.72. The van der Waals surface area contributed by atoms with Crippen molar-refractivity contribution in [3.63, 3.8) is 0 Å². The van der Waals surface area contributed by atoms with E-state index >= 15 is 0 Å². The summed E-state index contributed by atoms with van der Waals surface area (Å²) in [5.74, 6) is 0.557. The molecule has 1 fully saturated rings.